The van der Waals surface area contributed by atoms with E-state index in [1.54, 1.807) is 61.8 Å². The lowest BCUT2D eigenvalue weighted by molar-refractivity contribution is -0.378. The van der Waals surface area contributed by atoms with Crippen LogP contribution in [0.4, 0.5) is 0 Å². The van der Waals surface area contributed by atoms with Gasteiger partial charge in [0.15, 0.2) is 12.4 Å². The second-order valence-electron chi connectivity index (χ2n) is 7.68. The van der Waals surface area contributed by atoms with E-state index in [4.69, 9.17) is 27.9 Å². The van der Waals surface area contributed by atoms with Gasteiger partial charge in [0.25, 0.3) is 5.91 Å². The third kappa shape index (κ3) is 4.32. The summed E-state index contributed by atoms with van der Waals surface area (Å²) >= 11 is 12.3. The number of methoxy groups -OCH3 is 1. The third-order valence-electron chi connectivity index (χ3n) is 5.57. The molecule has 1 amide bonds. The van der Waals surface area contributed by atoms with E-state index in [1.807, 2.05) is 6.07 Å². The number of carbonyl (C=O) groups is 2. The summed E-state index contributed by atoms with van der Waals surface area (Å²) in [7, 11) is 1.54. The Balaban J connectivity index is 1.88. The Labute approximate surface area is 201 Å². The second-order valence-corrected chi connectivity index (χ2v) is 8.49. The van der Waals surface area contributed by atoms with Crippen LogP contribution < -0.4 is 14.8 Å². The zero-order chi connectivity index (χ0) is 23.7. The second kappa shape index (κ2) is 9.25. The summed E-state index contributed by atoms with van der Waals surface area (Å²) in [6.45, 7) is 1.93. The average Bonchev–Trinajstić information content (AvgIpc) is 3.06. The summed E-state index contributed by atoms with van der Waals surface area (Å²) in [5, 5.41) is 14.1. The number of likely N-dealkylation sites (tertiary alicyclic amines) is 1. The van der Waals surface area contributed by atoms with Crippen molar-refractivity contribution in [2.75, 3.05) is 7.11 Å². The maximum atomic E-state index is 13.5. The molecule has 0 saturated carbocycles. The van der Waals surface area contributed by atoms with E-state index in [2.05, 4.69) is 4.98 Å². The number of carbonyl (C=O) groups excluding carboxylic acids is 2. The number of Topliss-reactive ketones (excluding diaryl/α,β-unsaturated/α-hetero) is 1. The van der Waals surface area contributed by atoms with Crippen molar-refractivity contribution in [1.82, 2.24) is 4.90 Å². The minimum absolute atomic E-state index is 0.122. The molecule has 1 aliphatic heterocycles. The van der Waals surface area contributed by atoms with Crippen molar-refractivity contribution in [2.45, 2.75) is 19.5 Å². The molecule has 1 aromatic heterocycles. The number of ketones is 1. The van der Waals surface area contributed by atoms with Crippen LogP contribution in [0.2, 0.25) is 10.0 Å². The first kappa shape index (κ1) is 22.8. The molecule has 1 atom stereocenters. The van der Waals surface area contributed by atoms with Crippen LogP contribution in [0.15, 0.2) is 66.5 Å². The quantitative estimate of drug-likeness (QED) is 0.316. The van der Waals surface area contributed by atoms with Crippen molar-refractivity contribution in [3.63, 3.8) is 0 Å². The van der Waals surface area contributed by atoms with E-state index in [0.29, 0.717) is 21.9 Å². The predicted molar refractivity (Wildman–Crippen MR) is 122 cm³/mol. The minimum Gasteiger partial charge on any atom is -0.872 e. The SMILES string of the molecule is COc1ccc(C([O-])=C2C(=O)C(=O)N(Cc3ccc[nH+]c3)C2c2ccc(Cl)c(Cl)c2)cc1C. The zero-order valence-corrected chi connectivity index (χ0v) is 19.4. The number of halogens is 2. The normalized spacial score (nSPS) is 17.5. The highest BCUT2D eigenvalue weighted by molar-refractivity contribution is 6.46. The van der Waals surface area contributed by atoms with Gasteiger partial charge in [0.1, 0.15) is 5.75 Å². The van der Waals surface area contributed by atoms with Crippen LogP contribution in [-0.4, -0.2) is 23.7 Å². The lowest BCUT2D eigenvalue weighted by Gasteiger charge is -2.27. The summed E-state index contributed by atoms with van der Waals surface area (Å²) in [6, 6.07) is 12.4. The van der Waals surface area contributed by atoms with Crippen LogP contribution in [0.25, 0.3) is 5.76 Å². The fraction of sp³-hybridized carbons (Fsp3) is 0.160. The number of rotatable bonds is 5. The first-order valence-electron chi connectivity index (χ1n) is 10.1. The molecule has 33 heavy (non-hydrogen) atoms. The van der Waals surface area contributed by atoms with Gasteiger partial charge in [0.2, 0.25) is 5.78 Å². The molecule has 168 valence electrons. The van der Waals surface area contributed by atoms with E-state index < -0.39 is 23.5 Å². The van der Waals surface area contributed by atoms with Crippen molar-refractivity contribution in [2.24, 2.45) is 0 Å². The fourth-order valence-corrected chi connectivity index (χ4v) is 4.27. The molecule has 3 aromatic rings. The molecule has 4 rings (SSSR count). The Bertz CT molecular complexity index is 1270. The minimum atomic E-state index is -0.908. The Morgan fingerprint density at radius 2 is 1.91 bits per heavy atom. The Hall–Kier alpha value is -3.35. The van der Waals surface area contributed by atoms with Crippen LogP contribution in [0, 0.1) is 6.92 Å². The molecule has 0 aliphatic carbocycles. The van der Waals surface area contributed by atoms with Crippen molar-refractivity contribution in [3.8, 4) is 5.75 Å². The number of nitrogens with one attached hydrogen (secondary N) is 1. The number of pyridine rings is 1. The van der Waals surface area contributed by atoms with Gasteiger partial charge in [-0.2, -0.15) is 0 Å². The highest BCUT2D eigenvalue weighted by atomic mass is 35.5. The molecule has 1 fully saturated rings. The number of aromatic amines is 1. The van der Waals surface area contributed by atoms with Gasteiger partial charge in [-0.1, -0.05) is 41.1 Å². The number of aromatic nitrogens is 1. The molecule has 0 radical (unpaired) electrons. The van der Waals surface area contributed by atoms with Crippen LogP contribution in [0.5, 0.6) is 5.75 Å². The first-order chi connectivity index (χ1) is 15.8. The topological polar surface area (TPSA) is 83.8 Å². The third-order valence-corrected chi connectivity index (χ3v) is 6.31. The lowest BCUT2D eigenvalue weighted by Crippen LogP contribution is -2.29. The number of amides is 1. The molecule has 8 heteroatoms. The standard InChI is InChI=1S/C25H20Cl2N2O4/c1-14-10-17(6-8-20(14)33-2)23(30)21-22(16-5-7-18(26)19(27)11-16)29(25(32)24(21)31)13-15-4-3-9-28-12-15/h3-12,22,30H,13H2,1-2H3. The summed E-state index contributed by atoms with van der Waals surface area (Å²) in [5.41, 5.74) is 2.21. The molecule has 1 unspecified atom stereocenters. The van der Waals surface area contributed by atoms with Crippen LogP contribution in [0.3, 0.4) is 0 Å². The smallest absolute Gasteiger partial charge is 0.295 e. The highest BCUT2D eigenvalue weighted by Gasteiger charge is 2.44. The van der Waals surface area contributed by atoms with Gasteiger partial charge in [0.05, 0.1) is 29.7 Å². The molecule has 6 nitrogen and oxygen atoms in total. The monoisotopic (exact) mass is 482 g/mol. The van der Waals surface area contributed by atoms with E-state index in [-0.39, 0.29) is 17.1 Å². The molecule has 0 spiro atoms. The molecule has 1 N–H and O–H groups in total. The summed E-state index contributed by atoms with van der Waals surface area (Å²) in [4.78, 5) is 30.5. The summed E-state index contributed by atoms with van der Waals surface area (Å²) < 4.78 is 5.26. The van der Waals surface area contributed by atoms with Gasteiger partial charge in [-0.05, 0) is 53.9 Å². The van der Waals surface area contributed by atoms with E-state index >= 15 is 0 Å². The number of ether oxygens (including phenoxy) is 1. The largest absolute Gasteiger partial charge is 0.872 e. The van der Waals surface area contributed by atoms with Gasteiger partial charge in [-0.15, -0.1) is 0 Å². The van der Waals surface area contributed by atoms with E-state index in [0.717, 1.165) is 11.1 Å². The molecule has 1 saturated heterocycles. The fourth-order valence-electron chi connectivity index (χ4n) is 3.96. The molecule has 1 aliphatic rings. The summed E-state index contributed by atoms with van der Waals surface area (Å²) in [6.07, 6.45) is 3.47. The number of aryl methyl sites for hydroxylation is 1. The molecule has 2 heterocycles. The molecule has 0 bridgehead atoms. The molecular formula is C25H20Cl2N2O4. The highest BCUT2D eigenvalue weighted by Crippen LogP contribution is 2.41. The van der Waals surface area contributed by atoms with Gasteiger partial charge >= 0.3 is 0 Å². The van der Waals surface area contributed by atoms with Crippen molar-refractivity contribution in [3.05, 3.63) is 98.8 Å². The van der Waals surface area contributed by atoms with Gasteiger partial charge in [-0.25, -0.2) is 4.98 Å². The Morgan fingerprint density at radius 1 is 1.12 bits per heavy atom. The maximum absolute atomic E-state index is 13.5. The van der Waals surface area contributed by atoms with Crippen molar-refractivity contribution in [1.29, 1.82) is 0 Å². The Kier molecular flexibility index (Phi) is 6.40. The summed E-state index contributed by atoms with van der Waals surface area (Å²) in [5.74, 6) is -1.47. The number of benzene rings is 2. The van der Waals surface area contributed by atoms with Crippen LogP contribution >= 0.6 is 23.2 Å². The zero-order valence-electron chi connectivity index (χ0n) is 17.9. The lowest BCUT2D eigenvalue weighted by atomic mass is 9.94. The maximum Gasteiger partial charge on any atom is 0.295 e. The number of hydrogen-bond acceptors (Lipinski definition) is 4. The van der Waals surface area contributed by atoms with Crippen LogP contribution in [0.1, 0.15) is 28.3 Å². The average molecular weight is 483 g/mol. The van der Waals surface area contributed by atoms with E-state index in [9.17, 15) is 14.7 Å². The molecular weight excluding hydrogens is 463 g/mol. The van der Waals surface area contributed by atoms with E-state index in [1.165, 1.54) is 12.0 Å². The first-order valence-corrected chi connectivity index (χ1v) is 10.9. The van der Waals surface area contributed by atoms with Gasteiger partial charge < -0.3 is 14.7 Å². The number of nitrogens with zero attached hydrogens (tertiary/aromatic N) is 1. The number of H-pyrrole nitrogens is 1. The van der Waals surface area contributed by atoms with Crippen molar-refractivity contribution >= 4 is 40.7 Å². The Morgan fingerprint density at radius 3 is 2.55 bits per heavy atom. The number of hydrogen-bond donors (Lipinski definition) is 0. The van der Waals surface area contributed by atoms with Gasteiger partial charge in [-0.3, -0.25) is 9.59 Å². The van der Waals surface area contributed by atoms with Crippen LogP contribution in [-0.2, 0) is 16.1 Å². The van der Waals surface area contributed by atoms with Gasteiger partial charge in [0, 0.05) is 17.2 Å². The van der Waals surface area contributed by atoms with Crippen molar-refractivity contribution < 1.29 is 24.4 Å². The predicted octanol–water partition coefficient (Wildman–Crippen LogP) is 3.55. The molecule has 2 aromatic carbocycles.